The minimum atomic E-state index is -1.11. The molecule has 0 spiro atoms. The Morgan fingerprint density at radius 1 is 1.32 bits per heavy atom. The lowest BCUT2D eigenvalue weighted by atomic mass is 10.1. The monoisotopic (exact) mass is 385 g/mol. The van der Waals surface area contributed by atoms with Gasteiger partial charge in [0.05, 0.1) is 17.7 Å². The predicted molar refractivity (Wildman–Crippen MR) is 94.6 cm³/mol. The molecule has 0 saturated heterocycles. The lowest BCUT2D eigenvalue weighted by Crippen LogP contribution is -2.47. The highest BCUT2D eigenvalue weighted by Crippen LogP contribution is 2.10. The Bertz CT molecular complexity index is 726. The topological polar surface area (TPSA) is 71.1 Å². The van der Waals surface area contributed by atoms with Crippen molar-refractivity contribution in [3.8, 4) is 0 Å². The number of thiazole rings is 1. The van der Waals surface area contributed by atoms with Crippen LogP contribution in [0.1, 0.15) is 22.5 Å². The van der Waals surface area contributed by atoms with Crippen LogP contribution in [0.2, 0.25) is 0 Å². The molecule has 1 aromatic carbocycles. The highest BCUT2D eigenvalue weighted by atomic mass is 32.2. The Morgan fingerprint density at radius 3 is 2.76 bits per heavy atom. The van der Waals surface area contributed by atoms with E-state index >= 15 is 0 Å². The van der Waals surface area contributed by atoms with E-state index in [0.29, 0.717) is 12.2 Å². The van der Waals surface area contributed by atoms with E-state index < -0.39 is 23.6 Å². The van der Waals surface area contributed by atoms with Gasteiger partial charge in [0.25, 0.3) is 5.91 Å². The number of rotatable bonds is 8. The second-order valence-electron chi connectivity index (χ2n) is 5.13. The van der Waals surface area contributed by atoms with Crippen molar-refractivity contribution in [2.24, 2.45) is 0 Å². The fraction of sp³-hybridized carbons (Fsp3) is 0.312. The van der Waals surface area contributed by atoms with Crippen molar-refractivity contribution >= 4 is 34.9 Å². The summed E-state index contributed by atoms with van der Waals surface area (Å²) in [7, 11) is 0. The molecule has 0 radical (unpaired) electrons. The molecule has 0 unspecified atom stereocenters. The molecule has 0 bridgehead atoms. The summed E-state index contributed by atoms with van der Waals surface area (Å²) in [5.74, 6) is -2.46. The summed E-state index contributed by atoms with van der Waals surface area (Å²) in [5, 5.41) is 7.11. The summed E-state index contributed by atoms with van der Waals surface area (Å²) in [6.07, 6.45) is 2.31. The molecule has 1 atom stereocenters. The minimum Gasteiger partial charge on any atom is -0.349 e. The molecule has 2 rings (SSSR count). The Morgan fingerprint density at radius 2 is 2.12 bits per heavy atom. The molecule has 0 aliphatic carbocycles. The van der Waals surface area contributed by atoms with Gasteiger partial charge in [-0.3, -0.25) is 9.59 Å². The lowest BCUT2D eigenvalue weighted by molar-refractivity contribution is -0.123. The first-order valence-corrected chi connectivity index (χ1v) is 9.74. The minimum absolute atomic E-state index is 0.0413. The molecule has 2 N–H and O–H groups in total. The van der Waals surface area contributed by atoms with Crippen molar-refractivity contribution in [1.29, 1.82) is 0 Å². The van der Waals surface area contributed by atoms with Crippen LogP contribution in [0.15, 0.2) is 29.1 Å². The molecule has 0 fully saturated rings. The van der Waals surface area contributed by atoms with Gasteiger partial charge < -0.3 is 10.6 Å². The highest BCUT2D eigenvalue weighted by molar-refractivity contribution is 7.98. The van der Waals surface area contributed by atoms with Crippen LogP contribution in [0.3, 0.4) is 0 Å². The SMILES string of the molecule is CSCC[C@H](NC(=O)c1ccc(F)c(F)c1)C(=O)NCc1cscn1. The zero-order chi connectivity index (χ0) is 18.2. The van der Waals surface area contributed by atoms with Gasteiger partial charge in [-0.1, -0.05) is 0 Å². The third-order valence-electron chi connectivity index (χ3n) is 3.34. The number of nitrogens with one attached hydrogen (secondary N) is 2. The summed E-state index contributed by atoms with van der Waals surface area (Å²) in [5.41, 5.74) is 2.35. The van der Waals surface area contributed by atoms with Gasteiger partial charge in [0.1, 0.15) is 6.04 Å². The molecular formula is C16H17F2N3O2S2. The normalized spacial score (nSPS) is 11.8. The van der Waals surface area contributed by atoms with Crippen LogP contribution >= 0.6 is 23.1 Å². The summed E-state index contributed by atoms with van der Waals surface area (Å²) >= 11 is 2.96. The van der Waals surface area contributed by atoms with E-state index in [4.69, 9.17) is 0 Å². The summed E-state index contributed by atoms with van der Waals surface area (Å²) in [6.45, 7) is 0.263. The largest absolute Gasteiger partial charge is 0.349 e. The van der Waals surface area contributed by atoms with Gasteiger partial charge in [0.2, 0.25) is 5.91 Å². The third-order valence-corrected chi connectivity index (χ3v) is 4.62. The number of halogens is 2. The van der Waals surface area contributed by atoms with Crippen LogP contribution in [0, 0.1) is 11.6 Å². The van der Waals surface area contributed by atoms with E-state index in [0.717, 1.165) is 17.8 Å². The third kappa shape index (κ3) is 5.79. The van der Waals surface area contributed by atoms with Crippen molar-refractivity contribution in [2.45, 2.75) is 19.0 Å². The molecule has 2 amide bonds. The fourth-order valence-electron chi connectivity index (χ4n) is 2.01. The number of hydrogen-bond donors (Lipinski definition) is 2. The molecule has 0 saturated carbocycles. The van der Waals surface area contributed by atoms with Gasteiger partial charge in [-0.2, -0.15) is 11.8 Å². The maximum Gasteiger partial charge on any atom is 0.252 e. The van der Waals surface area contributed by atoms with Crippen LogP contribution in [0.4, 0.5) is 8.78 Å². The van der Waals surface area contributed by atoms with Gasteiger partial charge in [0, 0.05) is 10.9 Å². The number of hydrogen-bond acceptors (Lipinski definition) is 5. The van der Waals surface area contributed by atoms with Gasteiger partial charge in [-0.25, -0.2) is 13.8 Å². The molecule has 0 aliphatic rings. The Kier molecular flexibility index (Phi) is 7.32. The molecule has 2 aromatic rings. The molecule has 134 valence electrons. The lowest BCUT2D eigenvalue weighted by Gasteiger charge is -2.18. The van der Waals surface area contributed by atoms with E-state index in [9.17, 15) is 18.4 Å². The average molecular weight is 385 g/mol. The molecule has 25 heavy (non-hydrogen) atoms. The first-order chi connectivity index (χ1) is 12.0. The van der Waals surface area contributed by atoms with Crippen molar-refractivity contribution in [3.63, 3.8) is 0 Å². The summed E-state index contributed by atoms with van der Waals surface area (Å²) < 4.78 is 26.2. The van der Waals surface area contributed by atoms with Crippen LogP contribution in [-0.4, -0.2) is 34.8 Å². The zero-order valence-electron chi connectivity index (χ0n) is 13.4. The number of carbonyl (C=O) groups excluding carboxylic acids is 2. The van der Waals surface area contributed by atoms with Gasteiger partial charge in [-0.15, -0.1) is 11.3 Å². The number of thioether (sulfide) groups is 1. The molecule has 9 heteroatoms. The van der Waals surface area contributed by atoms with E-state index in [-0.39, 0.29) is 18.0 Å². The maximum absolute atomic E-state index is 13.3. The van der Waals surface area contributed by atoms with Crippen molar-refractivity contribution in [1.82, 2.24) is 15.6 Å². The number of aromatic nitrogens is 1. The Labute approximate surface area is 152 Å². The van der Waals surface area contributed by atoms with E-state index in [1.54, 1.807) is 5.51 Å². The first-order valence-electron chi connectivity index (χ1n) is 7.41. The highest BCUT2D eigenvalue weighted by Gasteiger charge is 2.21. The van der Waals surface area contributed by atoms with Gasteiger partial charge in [-0.05, 0) is 36.6 Å². The van der Waals surface area contributed by atoms with E-state index in [1.165, 1.54) is 29.2 Å². The van der Waals surface area contributed by atoms with Crippen molar-refractivity contribution in [3.05, 3.63) is 52.0 Å². The van der Waals surface area contributed by atoms with Crippen molar-refractivity contribution in [2.75, 3.05) is 12.0 Å². The van der Waals surface area contributed by atoms with Crippen LogP contribution in [0.25, 0.3) is 0 Å². The van der Waals surface area contributed by atoms with Gasteiger partial charge in [0.15, 0.2) is 11.6 Å². The Balaban J connectivity index is 2.01. The average Bonchev–Trinajstić information content (AvgIpc) is 3.12. The first kappa shape index (κ1) is 19.3. The number of benzene rings is 1. The van der Waals surface area contributed by atoms with Crippen LogP contribution in [0.5, 0.6) is 0 Å². The maximum atomic E-state index is 13.3. The fourth-order valence-corrected chi connectivity index (χ4v) is 3.04. The number of carbonyl (C=O) groups is 2. The van der Waals surface area contributed by atoms with Crippen LogP contribution < -0.4 is 10.6 Å². The Hall–Kier alpha value is -2.00. The second-order valence-corrected chi connectivity index (χ2v) is 6.84. The predicted octanol–water partition coefficient (Wildman–Crippen LogP) is 2.59. The molecule has 0 aliphatic heterocycles. The zero-order valence-corrected chi connectivity index (χ0v) is 15.1. The number of amides is 2. The van der Waals surface area contributed by atoms with Gasteiger partial charge >= 0.3 is 0 Å². The standard InChI is InChI=1S/C16H17F2N3O2S2/c1-24-5-4-14(16(23)19-7-11-8-25-9-20-11)21-15(22)10-2-3-12(17)13(18)6-10/h2-3,6,8-9,14H,4-5,7H2,1H3,(H,19,23)(H,21,22)/t14-/m0/s1. The second kappa shape index (κ2) is 9.47. The summed E-state index contributed by atoms with van der Waals surface area (Å²) in [4.78, 5) is 28.6. The molecule has 1 aromatic heterocycles. The quantitative estimate of drug-likeness (QED) is 0.733. The molecule has 1 heterocycles. The van der Waals surface area contributed by atoms with E-state index in [1.807, 2.05) is 11.6 Å². The molecular weight excluding hydrogens is 368 g/mol. The van der Waals surface area contributed by atoms with Crippen LogP contribution in [-0.2, 0) is 11.3 Å². The molecule has 5 nitrogen and oxygen atoms in total. The number of nitrogens with zero attached hydrogens (tertiary/aromatic N) is 1. The smallest absolute Gasteiger partial charge is 0.252 e. The summed E-state index contributed by atoms with van der Waals surface area (Å²) in [6, 6.07) is 2.09. The van der Waals surface area contributed by atoms with Crippen molar-refractivity contribution < 1.29 is 18.4 Å². The van der Waals surface area contributed by atoms with E-state index in [2.05, 4.69) is 15.6 Å².